The molecule has 0 aromatic carbocycles. The first-order valence-corrected chi connectivity index (χ1v) is 8.54. The number of rotatable bonds is 4. The third-order valence-corrected chi connectivity index (χ3v) is 4.92. The third-order valence-electron chi connectivity index (χ3n) is 4.92. The monoisotopic (exact) mass is 321 g/mol. The Bertz CT molecular complexity index is 550. The first-order valence-electron chi connectivity index (χ1n) is 8.54. The van der Waals surface area contributed by atoms with Gasteiger partial charge < -0.3 is 14.6 Å². The summed E-state index contributed by atoms with van der Waals surface area (Å²) in [6.45, 7) is 10.7. The van der Waals surface area contributed by atoms with Crippen molar-refractivity contribution in [2.45, 2.75) is 65.3 Å². The van der Waals surface area contributed by atoms with Gasteiger partial charge in [-0.3, -0.25) is 9.69 Å². The number of aryl methyl sites for hydroxylation is 2. The molecule has 3 heterocycles. The molecule has 3 atom stereocenters. The topological polar surface area (TPSA) is 67.6 Å². The number of ether oxygens (including phenoxy) is 1. The van der Waals surface area contributed by atoms with E-state index < -0.39 is 0 Å². The molecule has 1 aromatic heterocycles. The van der Waals surface area contributed by atoms with Gasteiger partial charge in [0.15, 0.2) is 0 Å². The van der Waals surface area contributed by atoms with E-state index >= 15 is 0 Å². The predicted molar refractivity (Wildman–Crippen MR) is 85.9 cm³/mol. The Labute approximate surface area is 137 Å². The number of carbonyl (C=O) groups is 1. The first-order chi connectivity index (χ1) is 10.9. The quantitative estimate of drug-likeness (QED) is 0.916. The molecule has 0 spiro atoms. The molecule has 2 aliphatic rings. The highest BCUT2D eigenvalue weighted by Crippen LogP contribution is 2.34. The molecule has 2 aliphatic heterocycles. The number of fused-ring (bicyclic) bond motifs is 1. The molecule has 0 unspecified atom stereocenters. The summed E-state index contributed by atoms with van der Waals surface area (Å²) in [6, 6.07) is 0.157. The Hall–Kier alpha value is -1.40. The van der Waals surface area contributed by atoms with Gasteiger partial charge >= 0.3 is 0 Å². The Morgan fingerprint density at radius 1 is 1.43 bits per heavy atom. The van der Waals surface area contributed by atoms with Crippen LogP contribution < -0.4 is 5.32 Å². The lowest BCUT2D eigenvalue weighted by molar-refractivity contribution is -0.133. The van der Waals surface area contributed by atoms with Crippen molar-refractivity contribution in [3.05, 3.63) is 17.0 Å². The minimum atomic E-state index is -0.286. The van der Waals surface area contributed by atoms with E-state index in [2.05, 4.69) is 15.4 Å². The van der Waals surface area contributed by atoms with E-state index in [0.717, 1.165) is 43.9 Å². The van der Waals surface area contributed by atoms with Gasteiger partial charge in [-0.25, -0.2) is 0 Å². The van der Waals surface area contributed by atoms with Crippen LogP contribution in [0.1, 0.15) is 43.7 Å². The summed E-state index contributed by atoms with van der Waals surface area (Å²) in [4.78, 5) is 14.5. The zero-order valence-corrected chi connectivity index (χ0v) is 14.5. The highest BCUT2D eigenvalue weighted by Gasteiger charge is 2.42. The van der Waals surface area contributed by atoms with Gasteiger partial charge in [-0.1, -0.05) is 5.16 Å². The molecule has 0 radical (unpaired) electrons. The Kier molecular flexibility index (Phi) is 4.73. The molecule has 23 heavy (non-hydrogen) atoms. The molecule has 6 nitrogen and oxygen atoms in total. The van der Waals surface area contributed by atoms with E-state index in [-0.39, 0.29) is 24.2 Å². The smallest absolute Gasteiger partial charge is 0.249 e. The van der Waals surface area contributed by atoms with Crippen molar-refractivity contribution in [1.29, 1.82) is 0 Å². The highest BCUT2D eigenvalue weighted by molar-refractivity contribution is 5.81. The van der Waals surface area contributed by atoms with Gasteiger partial charge in [-0.15, -0.1) is 0 Å². The van der Waals surface area contributed by atoms with E-state index in [1.54, 1.807) is 0 Å². The van der Waals surface area contributed by atoms with E-state index in [4.69, 9.17) is 9.26 Å². The summed E-state index contributed by atoms with van der Waals surface area (Å²) in [5, 5.41) is 6.98. The van der Waals surface area contributed by atoms with Gasteiger partial charge in [0, 0.05) is 24.7 Å². The van der Waals surface area contributed by atoms with Crippen molar-refractivity contribution in [2.24, 2.45) is 5.92 Å². The Balaban J connectivity index is 1.58. The van der Waals surface area contributed by atoms with Gasteiger partial charge in [-0.2, -0.15) is 0 Å². The van der Waals surface area contributed by atoms with Gasteiger partial charge in [-0.05, 0) is 53.0 Å². The summed E-state index contributed by atoms with van der Waals surface area (Å²) < 4.78 is 11.3. The van der Waals surface area contributed by atoms with E-state index in [0.29, 0.717) is 5.92 Å². The van der Waals surface area contributed by atoms with Crippen LogP contribution >= 0.6 is 0 Å². The molecule has 0 aliphatic carbocycles. The lowest BCUT2D eigenvalue weighted by Gasteiger charge is -2.33. The minimum absolute atomic E-state index is 0.0340. The van der Waals surface area contributed by atoms with Gasteiger partial charge in [0.1, 0.15) is 11.9 Å². The lowest BCUT2D eigenvalue weighted by atomic mass is 9.91. The molecule has 0 bridgehead atoms. The molecule has 128 valence electrons. The molecule has 2 fully saturated rings. The number of nitrogens with one attached hydrogen (secondary N) is 1. The summed E-state index contributed by atoms with van der Waals surface area (Å²) in [6.07, 6.45) is 1.81. The second kappa shape index (κ2) is 6.61. The Morgan fingerprint density at radius 2 is 2.22 bits per heavy atom. The second-order valence-corrected chi connectivity index (χ2v) is 7.15. The van der Waals surface area contributed by atoms with E-state index in [1.807, 2.05) is 27.7 Å². The van der Waals surface area contributed by atoms with Crippen LogP contribution in [0.25, 0.3) is 0 Å². The van der Waals surface area contributed by atoms with Crippen LogP contribution in [0.5, 0.6) is 0 Å². The number of piperidine rings is 1. The summed E-state index contributed by atoms with van der Waals surface area (Å²) >= 11 is 0. The second-order valence-electron chi connectivity index (χ2n) is 7.15. The van der Waals surface area contributed by atoms with Gasteiger partial charge in [0.05, 0.1) is 11.8 Å². The maximum absolute atomic E-state index is 12.2. The molecule has 1 amide bonds. The summed E-state index contributed by atoms with van der Waals surface area (Å²) in [5.74, 6) is 1.43. The Morgan fingerprint density at radius 3 is 2.87 bits per heavy atom. The molecule has 2 saturated heterocycles. The molecule has 0 saturated carbocycles. The number of hydrogen-bond acceptors (Lipinski definition) is 5. The van der Waals surface area contributed by atoms with Gasteiger partial charge in [0.25, 0.3) is 0 Å². The molecular formula is C17H27N3O3. The average Bonchev–Trinajstić information content (AvgIpc) is 3.04. The van der Waals surface area contributed by atoms with E-state index in [1.165, 1.54) is 5.56 Å². The van der Waals surface area contributed by atoms with Crippen LogP contribution in [0, 0.1) is 19.8 Å². The van der Waals surface area contributed by atoms with Crippen LogP contribution in [0.15, 0.2) is 4.52 Å². The average molecular weight is 321 g/mol. The number of hydrogen-bond donors (Lipinski definition) is 1. The van der Waals surface area contributed by atoms with Crippen LogP contribution in [0.2, 0.25) is 0 Å². The maximum Gasteiger partial charge on any atom is 0.249 e. The van der Waals surface area contributed by atoms with Crippen molar-refractivity contribution >= 4 is 5.91 Å². The lowest BCUT2D eigenvalue weighted by Crippen LogP contribution is -2.42. The molecule has 1 N–H and O–H groups in total. The number of carbonyl (C=O) groups excluding carboxylic acids is 1. The van der Waals surface area contributed by atoms with Crippen LogP contribution in [-0.2, 0) is 16.1 Å². The van der Waals surface area contributed by atoms with Crippen molar-refractivity contribution in [1.82, 2.24) is 15.4 Å². The van der Waals surface area contributed by atoms with Crippen LogP contribution in [0.3, 0.4) is 0 Å². The molecule has 1 aromatic rings. The predicted octanol–water partition coefficient (Wildman–Crippen LogP) is 1.80. The zero-order chi connectivity index (χ0) is 16.6. The first kappa shape index (κ1) is 16.5. The van der Waals surface area contributed by atoms with Crippen molar-refractivity contribution in [2.75, 3.05) is 13.1 Å². The molecular weight excluding hydrogens is 294 g/mol. The molecule has 3 rings (SSSR count). The number of likely N-dealkylation sites (tertiary alicyclic amines) is 1. The fourth-order valence-electron chi connectivity index (χ4n) is 3.64. The summed E-state index contributed by atoms with van der Waals surface area (Å²) in [7, 11) is 0. The normalized spacial score (nSPS) is 28.1. The number of amides is 1. The largest absolute Gasteiger partial charge is 0.364 e. The summed E-state index contributed by atoms with van der Waals surface area (Å²) in [5.41, 5.74) is 2.14. The minimum Gasteiger partial charge on any atom is -0.364 e. The fraction of sp³-hybridized carbons (Fsp3) is 0.765. The maximum atomic E-state index is 12.2. The van der Waals surface area contributed by atoms with Crippen LogP contribution in [-0.4, -0.2) is 47.3 Å². The SMILES string of the molecule is Cc1noc(C)c1CN1CC[C@H]2C[C@@H](C(=O)NC(C)C)O[C@@H]2C1. The van der Waals surface area contributed by atoms with Gasteiger partial charge in [0.2, 0.25) is 5.91 Å². The van der Waals surface area contributed by atoms with Crippen molar-refractivity contribution < 1.29 is 14.1 Å². The zero-order valence-electron chi connectivity index (χ0n) is 14.5. The highest BCUT2D eigenvalue weighted by atomic mass is 16.5. The van der Waals surface area contributed by atoms with Crippen molar-refractivity contribution in [3.63, 3.8) is 0 Å². The van der Waals surface area contributed by atoms with E-state index in [9.17, 15) is 4.79 Å². The standard InChI is InChI=1S/C17H27N3O3/c1-10(2)18-17(21)15-7-13-5-6-20(9-16(13)22-15)8-14-11(3)19-23-12(14)4/h10,13,15-16H,5-9H2,1-4H3,(H,18,21)/t13-,15-,16+/m0/s1. The van der Waals surface area contributed by atoms with Crippen LogP contribution in [0.4, 0.5) is 0 Å². The number of nitrogens with zero attached hydrogens (tertiary/aromatic N) is 2. The molecule has 6 heteroatoms. The third kappa shape index (κ3) is 3.58. The number of aromatic nitrogens is 1. The fourth-order valence-corrected chi connectivity index (χ4v) is 3.64. The van der Waals surface area contributed by atoms with Crippen molar-refractivity contribution in [3.8, 4) is 0 Å².